The van der Waals surface area contributed by atoms with Gasteiger partial charge >= 0.3 is 0 Å². The van der Waals surface area contributed by atoms with Crippen LogP contribution >= 0.6 is 11.3 Å². The number of hydrogen-bond donors (Lipinski definition) is 2. The second kappa shape index (κ2) is 5.57. The SMILES string of the molecule is COc1cc(N)c(C(=O)Nc2nccs2)cc1OC. The maximum Gasteiger partial charge on any atom is 0.259 e. The Bertz CT molecular complexity index is 584. The first-order chi connectivity index (χ1) is 9.15. The Labute approximate surface area is 114 Å². The minimum atomic E-state index is -0.339. The van der Waals surface area contributed by atoms with Crippen molar-refractivity contribution in [3.8, 4) is 11.5 Å². The van der Waals surface area contributed by atoms with Crippen LogP contribution in [0.5, 0.6) is 11.5 Å². The lowest BCUT2D eigenvalue weighted by atomic mass is 10.1. The van der Waals surface area contributed by atoms with E-state index in [9.17, 15) is 4.79 Å². The monoisotopic (exact) mass is 279 g/mol. The molecule has 100 valence electrons. The number of methoxy groups -OCH3 is 2. The number of anilines is 2. The van der Waals surface area contributed by atoms with Crippen LogP contribution in [-0.2, 0) is 0 Å². The lowest BCUT2D eigenvalue weighted by molar-refractivity contribution is 0.102. The van der Waals surface area contributed by atoms with Crippen molar-refractivity contribution in [1.82, 2.24) is 4.98 Å². The molecule has 1 amide bonds. The molecule has 3 N–H and O–H groups in total. The van der Waals surface area contributed by atoms with Crippen LogP contribution in [0.3, 0.4) is 0 Å². The van der Waals surface area contributed by atoms with Gasteiger partial charge in [-0.25, -0.2) is 4.98 Å². The van der Waals surface area contributed by atoms with Crippen LogP contribution in [0.4, 0.5) is 10.8 Å². The standard InChI is InChI=1S/C12H13N3O3S/c1-17-9-5-7(8(13)6-10(9)18-2)11(16)15-12-14-3-4-19-12/h3-6H,13H2,1-2H3,(H,14,15,16). The zero-order valence-electron chi connectivity index (χ0n) is 10.5. The third-order valence-electron chi connectivity index (χ3n) is 2.45. The highest BCUT2D eigenvalue weighted by atomic mass is 32.1. The van der Waals surface area contributed by atoms with Gasteiger partial charge in [-0.1, -0.05) is 0 Å². The average molecular weight is 279 g/mol. The molecule has 0 fully saturated rings. The van der Waals surface area contributed by atoms with Crippen molar-refractivity contribution in [2.24, 2.45) is 0 Å². The average Bonchev–Trinajstić information content (AvgIpc) is 2.90. The molecule has 0 unspecified atom stereocenters. The first-order valence-corrected chi connectivity index (χ1v) is 6.26. The lowest BCUT2D eigenvalue weighted by Crippen LogP contribution is -2.14. The summed E-state index contributed by atoms with van der Waals surface area (Å²) in [5.74, 6) is 0.584. The van der Waals surface area contributed by atoms with Gasteiger partial charge in [-0.15, -0.1) is 11.3 Å². The van der Waals surface area contributed by atoms with E-state index in [1.165, 1.54) is 31.6 Å². The van der Waals surface area contributed by atoms with E-state index in [0.29, 0.717) is 27.9 Å². The molecule has 19 heavy (non-hydrogen) atoms. The Morgan fingerprint density at radius 3 is 2.58 bits per heavy atom. The van der Waals surface area contributed by atoms with E-state index >= 15 is 0 Å². The summed E-state index contributed by atoms with van der Waals surface area (Å²) in [6.45, 7) is 0. The molecule has 1 aromatic heterocycles. The fourth-order valence-electron chi connectivity index (χ4n) is 1.54. The van der Waals surface area contributed by atoms with E-state index in [2.05, 4.69) is 10.3 Å². The van der Waals surface area contributed by atoms with Crippen LogP contribution in [0.25, 0.3) is 0 Å². The number of nitrogens with two attached hydrogens (primary N) is 1. The predicted octanol–water partition coefficient (Wildman–Crippen LogP) is 1.99. The molecule has 0 aliphatic heterocycles. The molecule has 2 aromatic rings. The molecule has 0 atom stereocenters. The van der Waals surface area contributed by atoms with Crippen molar-refractivity contribution in [1.29, 1.82) is 0 Å². The Kier molecular flexibility index (Phi) is 3.86. The highest BCUT2D eigenvalue weighted by molar-refractivity contribution is 7.13. The second-order valence-electron chi connectivity index (χ2n) is 3.59. The number of hydrogen-bond acceptors (Lipinski definition) is 6. The zero-order valence-corrected chi connectivity index (χ0v) is 11.3. The van der Waals surface area contributed by atoms with Gasteiger partial charge in [0, 0.05) is 23.3 Å². The number of benzene rings is 1. The minimum absolute atomic E-state index is 0.312. The van der Waals surface area contributed by atoms with Gasteiger partial charge in [-0.3, -0.25) is 10.1 Å². The third kappa shape index (κ3) is 2.76. The molecule has 2 rings (SSSR count). The van der Waals surface area contributed by atoms with E-state index in [1.807, 2.05) is 0 Å². The molecule has 0 radical (unpaired) electrons. The van der Waals surface area contributed by atoms with Crippen LogP contribution in [-0.4, -0.2) is 25.1 Å². The van der Waals surface area contributed by atoms with Gasteiger partial charge in [-0.05, 0) is 6.07 Å². The highest BCUT2D eigenvalue weighted by Gasteiger charge is 2.16. The van der Waals surface area contributed by atoms with Gasteiger partial charge in [0.1, 0.15) is 0 Å². The quantitative estimate of drug-likeness (QED) is 0.836. The summed E-state index contributed by atoms with van der Waals surface area (Å²) in [7, 11) is 3.00. The number of ether oxygens (including phenoxy) is 2. The largest absolute Gasteiger partial charge is 0.493 e. The lowest BCUT2D eigenvalue weighted by Gasteiger charge is -2.11. The van der Waals surface area contributed by atoms with Gasteiger partial charge in [0.2, 0.25) is 0 Å². The van der Waals surface area contributed by atoms with E-state index < -0.39 is 0 Å². The number of aromatic nitrogens is 1. The van der Waals surface area contributed by atoms with Crippen LogP contribution in [0.1, 0.15) is 10.4 Å². The summed E-state index contributed by atoms with van der Waals surface area (Å²) >= 11 is 1.33. The Morgan fingerprint density at radius 1 is 1.32 bits per heavy atom. The van der Waals surface area contributed by atoms with Crippen molar-refractivity contribution in [3.05, 3.63) is 29.3 Å². The van der Waals surface area contributed by atoms with E-state index in [1.54, 1.807) is 17.6 Å². The molecular formula is C12H13N3O3S. The summed E-state index contributed by atoms with van der Waals surface area (Å²) < 4.78 is 10.3. The minimum Gasteiger partial charge on any atom is -0.493 e. The molecule has 1 aromatic carbocycles. The number of carbonyl (C=O) groups excluding carboxylic acids is 1. The summed E-state index contributed by atoms with van der Waals surface area (Å²) in [5.41, 5.74) is 6.46. The van der Waals surface area contributed by atoms with Gasteiger partial charge in [-0.2, -0.15) is 0 Å². The highest BCUT2D eigenvalue weighted by Crippen LogP contribution is 2.32. The molecule has 0 spiro atoms. The number of nitrogens with one attached hydrogen (secondary N) is 1. The second-order valence-corrected chi connectivity index (χ2v) is 4.48. The van der Waals surface area contributed by atoms with Gasteiger partial charge in [0.25, 0.3) is 5.91 Å². The molecule has 0 bridgehead atoms. The molecule has 7 heteroatoms. The molecule has 0 saturated carbocycles. The number of nitrogen functional groups attached to an aromatic ring is 1. The third-order valence-corrected chi connectivity index (χ3v) is 3.14. The van der Waals surface area contributed by atoms with Crippen molar-refractivity contribution in [2.75, 3.05) is 25.3 Å². The smallest absolute Gasteiger partial charge is 0.259 e. The summed E-state index contributed by atoms with van der Waals surface area (Å²) in [4.78, 5) is 16.1. The Balaban J connectivity index is 2.31. The first-order valence-electron chi connectivity index (χ1n) is 5.38. The van der Waals surface area contributed by atoms with Crippen molar-refractivity contribution >= 4 is 28.1 Å². The van der Waals surface area contributed by atoms with E-state index in [0.717, 1.165) is 0 Å². The van der Waals surface area contributed by atoms with Gasteiger partial charge in [0.15, 0.2) is 16.6 Å². The van der Waals surface area contributed by atoms with Crippen molar-refractivity contribution in [2.45, 2.75) is 0 Å². The zero-order chi connectivity index (χ0) is 13.8. The summed E-state index contributed by atoms with van der Waals surface area (Å²) in [6, 6.07) is 3.09. The number of thiazole rings is 1. The molecule has 6 nitrogen and oxygen atoms in total. The Hall–Kier alpha value is -2.28. The molecule has 0 saturated heterocycles. The fraction of sp³-hybridized carbons (Fsp3) is 0.167. The van der Waals surface area contributed by atoms with Crippen LogP contribution < -0.4 is 20.5 Å². The van der Waals surface area contributed by atoms with Gasteiger partial charge in [0.05, 0.1) is 19.8 Å². The van der Waals surface area contributed by atoms with Crippen molar-refractivity contribution < 1.29 is 14.3 Å². The number of carbonyl (C=O) groups is 1. The number of nitrogens with zero attached hydrogens (tertiary/aromatic N) is 1. The first kappa shape index (κ1) is 13.2. The fourth-order valence-corrected chi connectivity index (χ4v) is 2.06. The summed E-state index contributed by atoms with van der Waals surface area (Å²) in [5, 5.41) is 4.94. The summed E-state index contributed by atoms with van der Waals surface area (Å²) in [6.07, 6.45) is 1.61. The maximum absolute atomic E-state index is 12.1. The van der Waals surface area contributed by atoms with Crippen molar-refractivity contribution in [3.63, 3.8) is 0 Å². The van der Waals surface area contributed by atoms with E-state index in [4.69, 9.17) is 15.2 Å². The van der Waals surface area contributed by atoms with Crippen LogP contribution in [0.15, 0.2) is 23.7 Å². The van der Waals surface area contributed by atoms with Crippen LogP contribution in [0.2, 0.25) is 0 Å². The maximum atomic E-state index is 12.1. The van der Waals surface area contributed by atoms with Gasteiger partial charge < -0.3 is 15.2 Å². The number of amides is 1. The molecule has 0 aliphatic carbocycles. The predicted molar refractivity (Wildman–Crippen MR) is 74.0 cm³/mol. The molecular weight excluding hydrogens is 266 g/mol. The normalized spacial score (nSPS) is 10.0. The molecule has 0 aliphatic rings. The van der Waals surface area contributed by atoms with Crippen LogP contribution in [0, 0.1) is 0 Å². The number of rotatable bonds is 4. The Morgan fingerprint density at radius 2 is 2.00 bits per heavy atom. The van der Waals surface area contributed by atoms with E-state index in [-0.39, 0.29) is 5.91 Å². The molecule has 1 heterocycles. The topological polar surface area (TPSA) is 86.5 Å².